The van der Waals surface area contributed by atoms with Gasteiger partial charge < -0.3 is 20.1 Å². The number of benzene rings is 1. The SMILES string of the molecule is CN=C(NCc1nc(C(C)C)cs1)NCC(c1ccc(OC)cc1)N1CCOCC1.I. The summed E-state index contributed by atoms with van der Waals surface area (Å²) in [5.41, 5.74) is 2.40. The fourth-order valence-electron chi connectivity index (χ4n) is 3.42. The van der Waals surface area contributed by atoms with E-state index in [-0.39, 0.29) is 30.0 Å². The summed E-state index contributed by atoms with van der Waals surface area (Å²) in [7, 11) is 3.49. The van der Waals surface area contributed by atoms with Crippen LogP contribution < -0.4 is 15.4 Å². The van der Waals surface area contributed by atoms with Gasteiger partial charge in [0, 0.05) is 32.1 Å². The standard InChI is InChI=1S/C22H33N5O2S.HI/c1-16(2)19-15-30-21(26-19)14-25-22(23-3)24-13-20(27-9-11-29-12-10-27)17-5-7-18(28-4)8-6-17;/h5-8,15-16,20H,9-14H2,1-4H3,(H2,23,24,25);1H. The second-order valence-corrected chi connectivity index (χ2v) is 8.51. The van der Waals surface area contributed by atoms with Crippen LogP contribution in [0.25, 0.3) is 0 Å². The Labute approximate surface area is 206 Å². The lowest BCUT2D eigenvalue weighted by molar-refractivity contribution is 0.0170. The molecule has 1 aromatic carbocycles. The number of rotatable bonds is 8. The minimum Gasteiger partial charge on any atom is -0.497 e. The number of thiazole rings is 1. The molecule has 2 N–H and O–H groups in total. The Hall–Kier alpha value is -1.43. The number of guanidine groups is 1. The molecule has 1 aliphatic rings. The summed E-state index contributed by atoms with van der Waals surface area (Å²) in [4.78, 5) is 11.5. The predicted octanol–water partition coefficient (Wildman–Crippen LogP) is 3.63. The first-order chi connectivity index (χ1) is 14.6. The van der Waals surface area contributed by atoms with Crippen molar-refractivity contribution >= 4 is 41.3 Å². The van der Waals surface area contributed by atoms with Gasteiger partial charge in [0.1, 0.15) is 10.8 Å². The molecule has 9 heteroatoms. The number of aromatic nitrogens is 1. The van der Waals surface area contributed by atoms with Crippen LogP contribution in [0.3, 0.4) is 0 Å². The van der Waals surface area contributed by atoms with Crippen molar-refractivity contribution in [2.45, 2.75) is 32.4 Å². The second kappa shape index (κ2) is 13.2. The molecule has 7 nitrogen and oxygen atoms in total. The van der Waals surface area contributed by atoms with Gasteiger partial charge in [0.25, 0.3) is 0 Å². The van der Waals surface area contributed by atoms with E-state index in [2.05, 4.69) is 56.9 Å². The van der Waals surface area contributed by atoms with Crippen molar-refractivity contribution in [2.75, 3.05) is 47.0 Å². The number of nitrogens with one attached hydrogen (secondary N) is 2. The summed E-state index contributed by atoms with van der Waals surface area (Å²) in [5.74, 6) is 2.10. The van der Waals surface area contributed by atoms with Gasteiger partial charge in [-0.2, -0.15) is 0 Å². The zero-order valence-corrected chi connectivity index (χ0v) is 21.9. The van der Waals surface area contributed by atoms with E-state index >= 15 is 0 Å². The van der Waals surface area contributed by atoms with Crippen LogP contribution in [-0.4, -0.2) is 62.8 Å². The number of methoxy groups -OCH3 is 1. The van der Waals surface area contributed by atoms with Gasteiger partial charge in [-0.1, -0.05) is 26.0 Å². The zero-order valence-electron chi connectivity index (χ0n) is 18.8. The molecule has 1 fully saturated rings. The molecule has 0 amide bonds. The second-order valence-electron chi connectivity index (χ2n) is 7.56. The third-order valence-electron chi connectivity index (χ3n) is 5.24. The number of nitrogens with zero attached hydrogens (tertiary/aromatic N) is 3. The molecule has 3 rings (SSSR count). The normalized spacial score (nSPS) is 16.0. The first-order valence-electron chi connectivity index (χ1n) is 10.4. The summed E-state index contributed by atoms with van der Waals surface area (Å²) < 4.78 is 10.9. The van der Waals surface area contributed by atoms with E-state index in [9.17, 15) is 0 Å². The molecule has 0 bridgehead atoms. The molecule has 1 aromatic heterocycles. The Morgan fingerprint density at radius 2 is 1.94 bits per heavy atom. The fraction of sp³-hybridized carbons (Fsp3) is 0.545. The molecule has 172 valence electrons. The van der Waals surface area contributed by atoms with Crippen LogP contribution in [0.2, 0.25) is 0 Å². The average Bonchev–Trinajstić information content (AvgIpc) is 3.26. The summed E-state index contributed by atoms with van der Waals surface area (Å²) in [6.45, 7) is 9.12. The summed E-state index contributed by atoms with van der Waals surface area (Å²) >= 11 is 1.69. The first kappa shape index (κ1) is 25.8. The number of morpholine rings is 1. The molecule has 0 saturated carbocycles. The zero-order chi connectivity index (χ0) is 21.3. The van der Waals surface area contributed by atoms with Crippen LogP contribution in [0.5, 0.6) is 5.75 Å². The quantitative estimate of drug-likeness (QED) is 0.293. The minimum atomic E-state index is 0. The van der Waals surface area contributed by atoms with Crippen molar-refractivity contribution in [3.63, 3.8) is 0 Å². The van der Waals surface area contributed by atoms with Crippen LogP contribution in [-0.2, 0) is 11.3 Å². The van der Waals surface area contributed by atoms with E-state index in [0.717, 1.165) is 55.3 Å². The van der Waals surface area contributed by atoms with Crippen LogP contribution in [0.15, 0.2) is 34.6 Å². The minimum absolute atomic E-state index is 0. The Bertz CT molecular complexity index is 806. The number of aliphatic imine (C=N–C) groups is 1. The number of hydrogen-bond acceptors (Lipinski definition) is 6. The van der Waals surface area contributed by atoms with Gasteiger partial charge >= 0.3 is 0 Å². The summed E-state index contributed by atoms with van der Waals surface area (Å²) in [6, 6.07) is 8.54. The van der Waals surface area contributed by atoms with E-state index in [1.807, 2.05) is 12.1 Å². The van der Waals surface area contributed by atoms with Gasteiger partial charge in [-0.05, 0) is 23.6 Å². The van der Waals surface area contributed by atoms with Crippen molar-refractivity contribution in [1.29, 1.82) is 0 Å². The summed E-state index contributed by atoms with van der Waals surface area (Å²) in [5, 5.41) is 10.1. The maximum absolute atomic E-state index is 5.55. The van der Waals surface area contributed by atoms with Crippen molar-refractivity contribution in [2.24, 2.45) is 4.99 Å². The van der Waals surface area contributed by atoms with Crippen molar-refractivity contribution in [1.82, 2.24) is 20.5 Å². The third kappa shape index (κ3) is 7.58. The molecule has 1 unspecified atom stereocenters. The Morgan fingerprint density at radius 3 is 2.52 bits per heavy atom. The molecule has 0 spiro atoms. The number of halogens is 1. The molecule has 1 saturated heterocycles. The molecule has 1 aliphatic heterocycles. The highest BCUT2D eigenvalue weighted by atomic mass is 127. The highest BCUT2D eigenvalue weighted by molar-refractivity contribution is 14.0. The topological polar surface area (TPSA) is 71.0 Å². The average molecular weight is 560 g/mol. The number of ether oxygens (including phenoxy) is 2. The monoisotopic (exact) mass is 559 g/mol. The first-order valence-corrected chi connectivity index (χ1v) is 11.3. The van der Waals surface area contributed by atoms with E-state index in [1.165, 1.54) is 5.56 Å². The number of hydrogen-bond donors (Lipinski definition) is 2. The Morgan fingerprint density at radius 1 is 1.23 bits per heavy atom. The fourth-order valence-corrected chi connectivity index (χ4v) is 4.31. The van der Waals surface area contributed by atoms with Crippen molar-refractivity contribution in [3.8, 4) is 5.75 Å². The largest absolute Gasteiger partial charge is 0.497 e. The van der Waals surface area contributed by atoms with Crippen LogP contribution in [0.4, 0.5) is 0 Å². The lowest BCUT2D eigenvalue weighted by Crippen LogP contribution is -2.46. The molecule has 2 aromatic rings. The smallest absolute Gasteiger partial charge is 0.191 e. The lowest BCUT2D eigenvalue weighted by atomic mass is 10.0. The lowest BCUT2D eigenvalue weighted by Gasteiger charge is -2.35. The van der Waals surface area contributed by atoms with E-state index in [4.69, 9.17) is 9.47 Å². The van der Waals surface area contributed by atoms with Crippen LogP contribution in [0.1, 0.15) is 42.1 Å². The van der Waals surface area contributed by atoms with Crippen LogP contribution >= 0.6 is 35.3 Å². The maximum atomic E-state index is 5.55. The molecular formula is C22H34IN5O2S. The van der Waals surface area contributed by atoms with Gasteiger partial charge in [0.15, 0.2) is 5.96 Å². The van der Waals surface area contributed by atoms with Gasteiger partial charge in [0.05, 0.1) is 38.6 Å². The van der Waals surface area contributed by atoms with Gasteiger partial charge in [0.2, 0.25) is 0 Å². The van der Waals surface area contributed by atoms with E-state index in [1.54, 1.807) is 25.5 Å². The molecule has 0 radical (unpaired) electrons. The highest BCUT2D eigenvalue weighted by Gasteiger charge is 2.23. The highest BCUT2D eigenvalue weighted by Crippen LogP contribution is 2.23. The molecule has 1 atom stereocenters. The third-order valence-corrected chi connectivity index (χ3v) is 6.11. The molecule has 31 heavy (non-hydrogen) atoms. The van der Waals surface area contributed by atoms with Crippen molar-refractivity contribution in [3.05, 3.63) is 45.9 Å². The maximum Gasteiger partial charge on any atom is 0.191 e. The van der Waals surface area contributed by atoms with Crippen molar-refractivity contribution < 1.29 is 9.47 Å². The predicted molar refractivity (Wildman–Crippen MR) is 138 cm³/mol. The molecular weight excluding hydrogens is 525 g/mol. The van der Waals surface area contributed by atoms with Gasteiger partial charge in [-0.3, -0.25) is 9.89 Å². The molecule has 2 heterocycles. The van der Waals surface area contributed by atoms with Gasteiger partial charge in [-0.25, -0.2) is 4.98 Å². The van der Waals surface area contributed by atoms with Gasteiger partial charge in [-0.15, -0.1) is 35.3 Å². The Balaban J connectivity index is 0.00000341. The Kier molecular flexibility index (Phi) is 11.0. The van der Waals surface area contributed by atoms with E-state index in [0.29, 0.717) is 12.5 Å². The van der Waals surface area contributed by atoms with E-state index < -0.39 is 0 Å². The molecule has 0 aliphatic carbocycles. The summed E-state index contributed by atoms with van der Waals surface area (Å²) in [6.07, 6.45) is 0. The van der Waals surface area contributed by atoms with Crippen LogP contribution in [0, 0.1) is 0 Å².